The number of amides is 2. The first-order valence-electron chi connectivity index (χ1n) is 5.82. The molecule has 18 heavy (non-hydrogen) atoms. The van der Waals surface area contributed by atoms with Gasteiger partial charge in [-0.1, -0.05) is 0 Å². The maximum Gasteiger partial charge on any atom is 0.277 e. The predicted molar refractivity (Wildman–Crippen MR) is 61.5 cm³/mol. The number of likely N-dealkylation sites (tertiary alicyclic amines) is 1. The van der Waals surface area contributed by atoms with Crippen molar-refractivity contribution < 1.29 is 14.2 Å². The number of rotatable bonds is 4. The highest BCUT2D eigenvalue weighted by atomic mass is 16.6. The van der Waals surface area contributed by atoms with Gasteiger partial charge in [-0.05, 0) is 23.2 Å². The molecule has 0 bridgehead atoms. The second kappa shape index (κ2) is 5.48. The van der Waals surface area contributed by atoms with E-state index in [1.54, 1.807) is 4.90 Å². The zero-order valence-corrected chi connectivity index (χ0v) is 9.89. The molecule has 8 nitrogen and oxygen atoms in total. The molecule has 3 N–H and O–H groups in total. The average Bonchev–Trinajstić information content (AvgIpc) is 2.99. The maximum atomic E-state index is 11.7. The third-order valence-corrected chi connectivity index (χ3v) is 2.81. The Kier molecular flexibility index (Phi) is 3.75. The van der Waals surface area contributed by atoms with Crippen molar-refractivity contribution in [2.24, 2.45) is 0 Å². The van der Waals surface area contributed by atoms with Crippen molar-refractivity contribution >= 4 is 17.6 Å². The van der Waals surface area contributed by atoms with Gasteiger partial charge in [0.15, 0.2) is 0 Å². The van der Waals surface area contributed by atoms with E-state index < -0.39 is 5.91 Å². The van der Waals surface area contributed by atoms with E-state index in [2.05, 4.69) is 20.3 Å². The number of hydrogen-bond donors (Lipinski definition) is 2. The molecule has 0 aliphatic carbocycles. The number of nitrogen functional groups attached to an aromatic ring is 1. The van der Waals surface area contributed by atoms with E-state index in [1.807, 2.05) is 0 Å². The highest BCUT2D eigenvalue weighted by molar-refractivity contribution is 5.96. The number of aromatic nitrogens is 2. The quantitative estimate of drug-likeness (QED) is 0.740. The second-order valence-electron chi connectivity index (χ2n) is 4.09. The van der Waals surface area contributed by atoms with Crippen molar-refractivity contribution in [3.63, 3.8) is 0 Å². The molecule has 0 aromatic carbocycles. The van der Waals surface area contributed by atoms with Crippen LogP contribution >= 0.6 is 0 Å². The van der Waals surface area contributed by atoms with Crippen molar-refractivity contribution in [2.45, 2.75) is 19.3 Å². The number of nitrogens with zero attached hydrogens (tertiary/aromatic N) is 3. The smallest absolute Gasteiger partial charge is 0.277 e. The van der Waals surface area contributed by atoms with Gasteiger partial charge in [-0.15, -0.1) is 0 Å². The lowest BCUT2D eigenvalue weighted by atomic mass is 10.3. The van der Waals surface area contributed by atoms with Gasteiger partial charge in [0.05, 0.1) is 0 Å². The minimum atomic E-state index is -0.483. The van der Waals surface area contributed by atoms with Crippen LogP contribution in [0.25, 0.3) is 0 Å². The second-order valence-corrected chi connectivity index (χ2v) is 4.09. The number of carbonyl (C=O) groups is 2. The molecule has 0 spiro atoms. The van der Waals surface area contributed by atoms with E-state index in [0.29, 0.717) is 0 Å². The van der Waals surface area contributed by atoms with Crippen LogP contribution < -0.4 is 11.1 Å². The lowest BCUT2D eigenvalue weighted by Gasteiger charge is -2.14. The van der Waals surface area contributed by atoms with Gasteiger partial charge in [-0.2, -0.15) is 0 Å². The highest BCUT2D eigenvalue weighted by Crippen LogP contribution is 2.08. The van der Waals surface area contributed by atoms with E-state index in [-0.39, 0.29) is 30.4 Å². The number of anilines is 1. The van der Waals surface area contributed by atoms with Crippen molar-refractivity contribution in [3.05, 3.63) is 5.69 Å². The third kappa shape index (κ3) is 2.76. The summed E-state index contributed by atoms with van der Waals surface area (Å²) in [4.78, 5) is 25.0. The Bertz CT molecular complexity index is 438. The standard InChI is InChI=1S/C10H15N5O3/c11-9-8(13-18-14-9)10(17)12-4-3-7(16)15-5-1-2-6-15/h1-6H2,(H2,11,14)(H,12,17). The van der Waals surface area contributed by atoms with Gasteiger partial charge in [-0.3, -0.25) is 9.59 Å². The largest absolute Gasteiger partial charge is 0.379 e. The Morgan fingerprint density at radius 2 is 2.06 bits per heavy atom. The summed E-state index contributed by atoms with van der Waals surface area (Å²) in [5.41, 5.74) is 5.32. The molecule has 1 aromatic heterocycles. The Balaban J connectivity index is 1.73. The van der Waals surface area contributed by atoms with Crippen LogP contribution in [0, 0.1) is 0 Å². The summed E-state index contributed by atoms with van der Waals surface area (Å²) < 4.78 is 4.31. The molecular formula is C10H15N5O3. The SMILES string of the molecule is Nc1nonc1C(=O)NCCC(=O)N1CCCC1. The molecule has 1 saturated heterocycles. The van der Waals surface area contributed by atoms with Gasteiger partial charge in [-0.25, -0.2) is 4.63 Å². The Labute approximate surface area is 103 Å². The van der Waals surface area contributed by atoms with Crippen LogP contribution in [0.3, 0.4) is 0 Å². The van der Waals surface area contributed by atoms with Crippen molar-refractivity contribution in [2.75, 3.05) is 25.4 Å². The molecule has 8 heteroatoms. The van der Waals surface area contributed by atoms with E-state index in [1.165, 1.54) is 0 Å². The summed E-state index contributed by atoms with van der Waals surface area (Å²) in [6.45, 7) is 1.88. The Hall–Kier alpha value is -2.12. The zero-order valence-electron chi connectivity index (χ0n) is 9.89. The van der Waals surface area contributed by atoms with E-state index in [4.69, 9.17) is 5.73 Å². The van der Waals surface area contributed by atoms with Gasteiger partial charge in [0, 0.05) is 26.1 Å². The molecule has 2 rings (SSSR count). The van der Waals surface area contributed by atoms with Gasteiger partial charge in [0.25, 0.3) is 5.91 Å². The fourth-order valence-corrected chi connectivity index (χ4v) is 1.84. The molecule has 1 aliphatic rings. The van der Waals surface area contributed by atoms with Gasteiger partial charge in [0.2, 0.25) is 17.4 Å². The number of carbonyl (C=O) groups excluding carboxylic acids is 2. The fraction of sp³-hybridized carbons (Fsp3) is 0.600. The van der Waals surface area contributed by atoms with Crippen LogP contribution in [0.5, 0.6) is 0 Å². The van der Waals surface area contributed by atoms with Crippen LogP contribution in [-0.4, -0.2) is 46.7 Å². The lowest BCUT2D eigenvalue weighted by Crippen LogP contribution is -2.33. The topological polar surface area (TPSA) is 114 Å². The molecular weight excluding hydrogens is 238 g/mol. The minimum Gasteiger partial charge on any atom is -0.379 e. The summed E-state index contributed by atoms with van der Waals surface area (Å²) in [6, 6.07) is 0. The molecule has 1 aromatic rings. The summed E-state index contributed by atoms with van der Waals surface area (Å²) >= 11 is 0. The van der Waals surface area contributed by atoms with Crippen LogP contribution in [0.1, 0.15) is 29.8 Å². The number of nitrogens with two attached hydrogens (primary N) is 1. The molecule has 1 fully saturated rings. The average molecular weight is 253 g/mol. The van der Waals surface area contributed by atoms with Crippen LogP contribution in [0.2, 0.25) is 0 Å². The van der Waals surface area contributed by atoms with Gasteiger partial charge >= 0.3 is 0 Å². The first kappa shape index (κ1) is 12.3. The summed E-state index contributed by atoms with van der Waals surface area (Å²) in [5, 5.41) is 9.22. The normalized spacial score (nSPS) is 14.8. The molecule has 0 atom stereocenters. The van der Waals surface area contributed by atoms with Crippen LogP contribution in [0.4, 0.5) is 5.82 Å². The number of hydrogen-bond acceptors (Lipinski definition) is 6. The van der Waals surface area contributed by atoms with Crippen LogP contribution in [-0.2, 0) is 4.79 Å². The van der Waals surface area contributed by atoms with Crippen LogP contribution in [0.15, 0.2) is 4.63 Å². The molecule has 1 aliphatic heterocycles. The monoisotopic (exact) mass is 253 g/mol. The highest BCUT2D eigenvalue weighted by Gasteiger charge is 2.19. The maximum absolute atomic E-state index is 11.7. The molecule has 2 amide bonds. The first-order valence-corrected chi connectivity index (χ1v) is 5.82. The molecule has 2 heterocycles. The van der Waals surface area contributed by atoms with E-state index >= 15 is 0 Å². The lowest BCUT2D eigenvalue weighted by molar-refractivity contribution is -0.129. The summed E-state index contributed by atoms with van der Waals surface area (Å²) in [5.74, 6) is -0.486. The van der Waals surface area contributed by atoms with Crippen molar-refractivity contribution in [3.8, 4) is 0 Å². The van der Waals surface area contributed by atoms with Crippen molar-refractivity contribution in [1.82, 2.24) is 20.5 Å². The third-order valence-electron chi connectivity index (χ3n) is 2.81. The Morgan fingerprint density at radius 1 is 1.33 bits per heavy atom. The molecule has 0 unspecified atom stereocenters. The molecule has 0 saturated carbocycles. The molecule has 98 valence electrons. The van der Waals surface area contributed by atoms with Gasteiger partial charge < -0.3 is 16.0 Å². The Morgan fingerprint density at radius 3 is 2.67 bits per heavy atom. The van der Waals surface area contributed by atoms with Gasteiger partial charge in [0.1, 0.15) is 0 Å². The van der Waals surface area contributed by atoms with E-state index in [0.717, 1.165) is 25.9 Å². The summed E-state index contributed by atoms with van der Waals surface area (Å²) in [7, 11) is 0. The zero-order chi connectivity index (χ0) is 13.0. The molecule has 0 radical (unpaired) electrons. The fourth-order valence-electron chi connectivity index (χ4n) is 1.84. The first-order chi connectivity index (χ1) is 8.68. The number of nitrogens with one attached hydrogen (secondary N) is 1. The van der Waals surface area contributed by atoms with Crippen molar-refractivity contribution in [1.29, 1.82) is 0 Å². The minimum absolute atomic E-state index is 0.0522. The van der Waals surface area contributed by atoms with E-state index in [9.17, 15) is 9.59 Å². The predicted octanol–water partition coefficient (Wildman–Crippen LogP) is -0.606. The summed E-state index contributed by atoms with van der Waals surface area (Å²) in [6.07, 6.45) is 2.38.